The van der Waals surface area contributed by atoms with Crippen LogP contribution < -0.4 is 15.4 Å². The molecule has 1 aliphatic heterocycles. The normalized spacial score (nSPS) is 19.9. The number of hydrogen-bond donors (Lipinski definition) is 4. The van der Waals surface area contributed by atoms with Crippen molar-refractivity contribution in [3.8, 4) is 17.2 Å². The molecule has 4 N–H and O–H groups in total. The SMILES string of the molecule is COCn1ncnc1NCCN/C(C)=C1\C(=O)C=C2Oc3c(C(C)=O)c(O)c(C)c(O)c3[C@]2(C)C1=O. The average molecular weight is 498 g/mol. The van der Waals surface area contributed by atoms with Gasteiger partial charge in [0.05, 0.1) is 11.1 Å². The Morgan fingerprint density at radius 1 is 1.22 bits per heavy atom. The summed E-state index contributed by atoms with van der Waals surface area (Å²) in [6.45, 7) is 6.80. The molecule has 1 aromatic heterocycles. The zero-order valence-electron chi connectivity index (χ0n) is 20.6. The number of nitrogens with zero attached hydrogens (tertiary/aromatic N) is 3. The Hall–Kier alpha value is -4.19. The molecule has 1 atom stereocenters. The highest BCUT2D eigenvalue weighted by Gasteiger charge is 2.56. The van der Waals surface area contributed by atoms with Gasteiger partial charge in [0.2, 0.25) is 5.95 Å². The molecule has 0 spiro atoms. The highest BCUT2D eigenvalue weighted by Crippen LogP contribution is 2.57. The van der Waals surface area contributed by atoms with Crippen molar-refractivity contribution in [1.29, 1.82) is 0 Å². The minimum Gasteiger partial charge on any atom is -0.507 e. The van der Waals surface area contributed by atoms with E-state index >= 15 is 0 Å². The summed E-state index contributed by atoms with van der Waals surface area (Å²) in [6, 6.07) is 0. The van der Waals surface area contributed by atoms with E-state index in [0.717, 1.165) is 0 Å². The van der Waals surface area contributed by atoms with Crippen LogP contribution in [0.2, 0.25) is 0 Å². The molecule has 190 valence electrons. The Morgan fingerprint density at radius 3 is 2.61 bits per heavy atom. The molecule has 2 aromatic rings. The van der Waals surface area contributed by atoms with Gasteiger partial charge in [0.15, 0.2) is 17.3 Å². The van der Waals surface area contributed by atoms with Gasteiger partial charge < -0.3 is 30.3 Å². The number of ether oxygens (including phenoxy) is 2. The number of phenolic OH excluding ortho intramolecular Hbond substituents is 2. The van der Waals surface area contributed by atoms with Crippen molar-refractivity contribution in [3.63, 3.8) is 0 Å². The summed E-state index contributed by atoms with van der Waals surface area (Å²) in [6.07, 6.45) is 2.57. The molecule has 4 rings (SSSR count). The molecule has 12 heteroatoms. The van der Waals surface area contributed by atoms with Crippen molar-refractivity contribution in [2.45, 2.75) is 39.8 Å². The molecule has 0 radical (unpaired) electrons. The molecular formula is C24H27N5O7. The molecule has 0 fully saturated rings. The highest BCUT2D eigenvalue weighted by molar-refractivity contribution is 6.31. The summed E-state index contributed by atoms with van der Waals surface area (Å²) < 4.78 is 12.3. The van der Waals surface area contributed by atoms with Gasteiger partial charge in [0, 0.05) is 37.5 Å². The van der Waals surface area contributed by atoms with Crippen LogP contribution in [0, 0.1) is 6.92 Å². The molecule has 2 aliphatic rings. The van der Waals surface area contributed by atoms with Crippen LogP contribution in [0.15, 0.2) is 29.4 Å². The van der Waals surface area contributed by atoms with Gasteiger partial charge >= 0.3 is 0 Å². The van der Waals surface area contributed by atoms with E-state index in [1.54, 1.807) is 14.0 Å². The molecule has 0 bridgehead atoms. The number of carbonyl (C=O) groups excluding carboxylic acids is 3. The van der Waals surface area contributed by atoms with Crippen molar-refractivity contribution in [2.24, 2.45) is 0 Å². The van der Waals surface area contributed by atoms with Crippen molar-refractivity contribution in [2.75, 3.05) is 25.5 Å². The summed E-state index contributed by atoms with van der Waals surface area (Å²) in [5.41, 5.74) is -1.35. The number of methoxy groups -OCH3 is 1. The second kappa shape index (κ2) is 9.11. The highest BCUT2D eigenvalue weighted by atomic mass is 16.5. The van der Waals surface area contributed by atoms with Gasteiger partial charge in [-0.3, -0.25) is 14.4 Å². The summed E-state index contributed by atoms with van der Waals surface area (Å²) in [5, 5.41) is 31.5. The minimum atomic E-state index is -1.55. The van der Waals surface area contributed by atoms with Crippen molar-refractivity contribution < 1.29 is 34.1 Å². The lowest BCUT2D eigenvalue weighted by Crippen LogP contribution is -2.41. The number of ketones is 3. The van der Waals surface area contributed by atoms with E-state index in [2.05, 4.69) is 20.7 Å². The van der Waals surface area contributed by atoms with E-state index in [0.29, 0.717) is 24.7 Å². The number of fused-ring (bicyclic) bond motifs is 3. The molecule has 1 aromatic carbocycles. The van der Waals surface area contributed by atoms with E-state index in [9.17, 15) is 24.6 Å². The summed E-state index contributed by atoms with van der Waals surface area (Å²) in [5.74, 6) is -2.07. The predicted octanol–water partition coefficient (Wildman–Crippen LogP) is 1.47. The van der Waals surface area contributed by atoms with Crippen molar-refractivity contribution in [3.05, 3.63) is 46.1 Å². The zero-order chi connectivity index (χ0) is 26.4. The fourth-order valence-electron chi connectivity index (χ4n) is 4.49. The Balaban J connectivity index is 1.63. The molecule has 36 heavy (non-hydrogen) atoms. The molecule has 12 nitrogen and oxygen atoms in total. The van der Waals surface area contributed by atoms with Crippen LogP contribution in [-0.2, 0) is 26.5 Å². The first kappa shape index (κ1) is 24.9. The van der Waals surface area contributed by atoms with Gasteiger partial charge in [-0.1, -0.05) is 0 Å². The topological polar surface area (TPSA) is 165 Å². The maximum Gasteiger partial charge on any atom is 0.223 e. The van der Waals surface area contributed by atoms with Crippen molar-refractivity contribution in [1.82, 2.24) is 20.1 Å². The molecule has 0 unspecified atom stereocenters. The van der Waals surface area contributed by atoms with Crippen LogP contribution in [0.5, 0.6) is 17.2 Å². The maximum atomic E-state index is 13.8. The quantitative estimate of drug-likeness (QED) is 0.181. The number of anilines is 1. The molecule has 0 amide bonds. The zero-order valence-corrected chi connectivity index (χ0v) is 20.6. The Morgan fingerprint density at radius 2 is 1.94 bits per heavy atom. The Labute approximate surface area is 206 Å². The first-order valence-electron chi connectivity index (χ1n) is 11.2. The molecule has 0 saturated carbocycles. The number of aromatic hydroxyl groups is 2. The number of hydrogen-bond acceptors (Lipinski definition) is 11. The fourth-order valence-corrected chi connectivity index (χ4v) is 4.49. The summed E-state index contributed by atoms with van der Waals surface area (Å²) >= 11 is 0. The van der Waals surface area contributed by atoms with Gasteiger partial charge in [-0.05, 0) is 27.7 Å². The van der Waals surface area contributed by atoms with Crippen LogP contribution in [0.1, 0.15) is 42.3 Å². The first-order chi connectivity index (χ1) is 17.0. The lowest BCUT2D eigenvalue weighted by atomic mass is 9.70. The fraction of sp³-hybridized carbons (Fsp3) is 0.375. The molecule has 2 heterocycles. The number of benzene rings is 1. The third kappa shape index (κ3) is 3.70. The van der Waals surface area contributed by atoms with Gasteiger partial charge in [0.25, 0.3) is 0 Å². The smallest absolute Gasteiger partial charge is 0.223 e. The number of aromatic nitrogens is 3. The molecule has 0 saturated heterocycles. The van der Waals surface area contributed by atoms with Gasteiger partial charge in [-0.15, -0.1) is 0 Å². The lowest BCUT2D eigenvalue weighted by Gasteiger charge is -2.29. The third-order valence-electron chi connectivity index (χ3n) is 6.42. The number of nitrogens with one attached hydrogen (secondary N) is 2. The van der Waals surface area contributed by atoms with Gasteiger partial charge in [0.1, 0.15) is 47.0 Å². The second-order valence-electron chi connectivity index (χ2n) is 8.74. The van der Waals surface area contributed by atoms with Crippen LogP contribution in [0.4, 0.5) is 5.95 Å². The summed E-state index contributed by atoms with van der Waals surface area (Å²) in [7, 11) is 1.54. The number of phenols is 2. The van der Waals surface area contributed by atoms with Crippen molar-refractivity contribution >= 4 is 23.3 Å². The number of allylic oxidation sites excluding steroid dienone is 4. The standard InChI is InChI=1S/C24H27N5O7/c1-11-19(32)17(13(3)30)21-18(20(11)33)24(4)15(36-21)8-14(31)16(22(24)34)12(2)25-6-7-26-23-27-9-28-29(23)10-35-5/h8-9,25,32-33H,6-7,10H2,1-5H3,(H,26,27,28)/b16-12+/t24-/m1/s1. The van der Waals surface area contributed by atoms with Crippen LogP contribution in [0.25, 0.3) is 0 Å². The van der Waals surface area contributed by atoms with Crippen LogP contribution >= 0.6 is 0 Å². The second-order valence-corrected chi connectivity index (χ2v) is 8.74. The van der Waals surface area contributed by atoms with Crippen LogP contribution in [-0.4, -0.2) is 62.5 Å². The van der Waals surface area contributed by atoms with E-state index in [1.165, 1.54) is 37.9 Å². The van der Waals surface area contributed by atoms with E-state index in [4.69, 9.17) is 9.47 Å². The third-order valence-corrected chi connectivity index (χ3v) is 6.42. The van der Waals surface area contributed by atoms with E-state index < -0.39 is 28.5 Å². The lowest BCUT2D eigenvalue weighted by molar-refractivity contribution is -0.123. The van der Waals surface area contributed by atoms with Gasteiger partial charge in [-0.2, -0.15) is 10.1 Å². The first-order valence-corrected chi connectivity index (χ1v) is 11.2. The van der Waals surface area contributed by atoms with Gasteiger partial charge in [-0.25, -0.2) is 4.68 Å². The number of Topliss-reactive ketones (excluding diaryl/α,β-unsaturated/α-hetero) is 2. The largest absolute Gasteiger partial charge is 0.507 e. The minimum absolute atomic E-state index is 0.00834. The molecule has 1 aliphatic carbocycles. The average Bonchev–Trinajstić information content (AvgIpc) is 3.37. The molecular weight excluding hydrogens is 470 g/mol. The van der Waals surface area contributed by atoms with Crippen LogP contribution in [0.3, 0.4) is 0 Å². The Kier molecular flexibility index (Phi) is 6.31. The Bertz CT molecular complexity index is 1360. The van der Waals surface area contributed by atoms with E-state index in [1.807, 2.05) is 0 Å². The maximum absolute atomic E-state index is 13.8. The van der Waals surface area contributed by atoms with E-state index in [-0.39, 0.29) is 46.3 Å². The number of carbonyl (C=O) groups is 3. The summed E-state index contributed by atoms with van der Waals surface area (Å²) in [4.78, 5) is 43.1. The number of rotatable bonds is 8. The predicted molar refractivity (Wildman–Crippen MR) is 127 cm³/mol. The monoisotopic (exact) mass is 497 g/mol.